The molecule has 0 saturated carbocycles. The van der Waals surface area contributed by atoms with Crippen LogP contribution in [-0.4, -0.2) is 125 Å². The number of carbonyl (C=O) groups excluding carboxylic acids is 2. The number of methoxy groups -OCH3 is 1. The van der Waals surface area contributed by atoms with Crippen molar-refractivity contribution >= 4 is 91.6 Å². The van der Waals surface area contributed by atoms with Crippen LogP contribution >= 0.6 is 38.5 Å². The van der Waals surface area contributed by atoms with Crippen LogP contribution in [0.3, 0.4) is 0 Å². The highest BCUT2D eigenvalue weighted by Gasteiger charge is 2.55. The van der Waals surface area contributed by atoms with E-state index in [-0.39, 0.29) is 60.5 Å². The van der Waals surface area contributed by atoms with Gasteiger partial charge in [-0.25, -0.2) is 4.79 Å². The minimum atomic E-state index is -2.59. The summed E-state index contributed by atoms with van der Waals surface area (Å²) in [5, 5.41) is 0.161. The Hall–Kier alpha value is -0.0656. The van der Waals surface area contributed by atoms with Crippen LogP contribution in [0.2, 0.25) is 92.2 Å². The lowest BCUT2D eigenvalue weighted by Gasteiger charge is -2.52. The van der Waals surface area contributed by atoms with E-state index >= 15 is 4.79 Å². The maximum absolute atomic E-state index is 15.7. The van der Waals surface area contributed by atoms with Crippen LogP contribution in [-0.2, 0) is 41.4 Å². The first kappa shape index (κ1) is 70.0. The molecule has 0 aliphatic carbocycles. The van der Waals surface area contributed by atoms with Gasteiger partial charge in [-0.1, -0.05) is 186 Å². The van der Waals surface area contributed by atoms with E-state index in [0.29, 0.717) is 10.9 Å². The van der Waals surface area contributed by atoms with Crippen LogP contribution in [0.25, 0.3) is 0 Å². The molecule has 17 heteroatoms. The first-order valence-corrected chi connectivity index (χ1v) is 44.7. The monoisotopic (exact) mass is 1300 g/mol. The van der Waals surface area contributed by atoms with E-state index in [1.807, 2.05) is 32.0 Å². The SMILES string of the molecule is CO[C@@H](C#C[Si](C)(C)C)[C@H](OC(=O)c1ccccc1)[C@@H](C)[C@@H](O[Si](C)(C)C(C)(C)C)[C@H](C)C(=O)C[C@@H](O[C@@H]1O[C@H](CBr)[C@@H](O[Si](C)(C)C(C)(C)C)[C@H](O[Si](C)(C)C(C)(C)C)[C@H]1I)[C@H](C)[C@@H](C)O[Si](C)(C)C(C)(C)C. The highest BCUT2D eigenvalue weighted by Crippen LogP contribution is 2.47. The Kier molecular flexibility index (Phi) is 25.3. The lowest BCUT2D eigenvalue weighted by atomic mass is 9.82. The Labute approximate surface area is 480 Å². The smallest absolute Gasteiger partial charge is 0.338 e. The van der Waals surface area contributed by atoms with Gasteiger partial charge in [0.15, 0.2) is 45.7 Å². The van der Waals surface area contributed by atoms with Gasteiger partial charge in [0.1, 0.15) is 20.0 Å². The molecule has 1 aromatic carbocycles. The number of Topliss-reactive ketones (excluding diaryl/α,β-unsaturated/α-hetero) is 1. The van der Waals surface area contributed by atoms with E-state index < -0.39 is 96.0 Å². The molecule has 10 nitrogen and oxygen atoms in total. The van der Waals surface area contributed by atoms with Crippen LogP contribution in [0.5, 0.6) is 0 Å². The highest BCUT2D eigenvalue weighted by atomic mass is 127. The third kappa shape index (κ3) is 19.0. The zero-order chi connectivity index (χ0) is 57.8. The number of alkyl halides is 2. The van der Waals surface area contributed by atoms with Gasteiger partial charge in [-0.2, -0.15) is 0 Å². The number of carbonyl (C=O) groups is 2. The summed E-state index contributed by atoms with van der Waals surface area (Å²) in [6, 6.07) is 8.99. The molecule has 428 valence electrons. The Morgan fingerprint density at radius 3 is 1.57 bits per heavy atom. The Balaban J connectivity index is 2.92. The van der Waals surface area contributed by atoms with Gasteiger partial charge < -0.3 is 36.7 Å². The molecule has 0 radical (unpaired) electrons. The number of ether oxygens (including phenoxy) is 4. The fourth-order valence-corrected chi connectivity index (χ4v) is 15.6. The summed E-state index contributed by atoms with van der Waals surface area (Å²) in [6.45, 7) is 59.8. The number of rotatable bonds is 23. The number of benzene rings is 1. The molecule has 1 aliphatic heterocycles. The highest BCUT2D eigenvalue weighted by molar-refractivity contribution is 14.1. The first-order valence-electron chi connectivity index (χ1n) is 27.2. The quantitative estimate of drug-likeness (QED) is 0.0346. The van der Waals surface area contributed by atoms with Crippen molar-refractivity contribution in [2.75, 3.05) is 12.4 Å². The van der Waals surface area contributed by atoms with Gasteiger partial charge >= 0.3 is 5.97 Å². The summed E-state index contributed by atoms with van der Waals surface area (Å²) in [5.74, 6) is 1.44. The molecule has 0 bridgehead atoms. The van der Waals surface area contributed by atoms with Crippen LogP contribution in [0, 0.1) is 29.2 Å². The van der Waals surface area contributed by atoms with Gasteiger partial charge in [-0.15, -0.1) is 5.54 Å². The molecular formula is C57H106BrIO10Si5. The fraction of sp³-hybridized carbons (Fsp3) is 0.825. The van der Waals surface area contributed by atoms with Crippen molar-refractivity contribution in [3.63, 3.8) is 0 Å². The van der Waals surface area contributed by atoms with Gasteiger partial charge in [0, 0.05) is 42.7 Å². The molecule has 2 rings (SSSR count). The van der Waals surface area contributed by atoms with E-state index in [0.717, 1.165) is 0 Å². The minimum Gasteiger partial charge on any atom is -0.455 e. The summed E-state index contributed by atoms with van der Waals surface area (Å²) in [4.78, 5) is 29.7. The molecular weight excluding hydrogens is 1190 g/mol. The molecule has 0 N–H and O–H groups in total. The summed E-state index contributed by atoms with van der Waals surface area (Å²) < 4.78 is 56.2. The predicted molar refractivity (Wildman–Crippen MR) is 334 cm³/mol. The van der Waals surface area contributed by atoms with Crippen molar-refractivity contribution < 1.29 is 46.2 Å². The van der Waals surface area contributed by atoms with Crippen molar-refractivity contribution in [2.45, 2.75) is 268 Å². The fourth-order valence-electron chi connectivity index (χ4n) is 7.70. The second kappa shape index (κ2) is 26.7. The molecule has 1 fully saturated rings. The summed E-state index contributed by atoms with van der Waals surface area (Å²) in [7, 11) is -9.87. The van der Waals surface area contributed by atoms with Crippen LogP contribution in [0.15, 0.2) is 30.3 Å². The van der Waals surface area contributed by atoms with E-state index in [2.05, 4.69) is 219 Å². The zero-order valence-electron chi connectivity index (χ0n) is 51.6. The average molecular weight is 1300 g/mol. The minimum absolute atomic E-state index is 0.0294. The largest absolute Gasteiger partial charge is 0.455 e. The summed E-state index contributed by atoms with van der Waals surface area (Å²) >= 11 is 6.34. The maximum atomic E-state index is 15.7. The van der Waals surface area contributed by atoms with Crippen molar-refractivity contribution in [3.05, 3.63) is 35.9 Å². The second-order valence-electron chi connectivity index (χ2n) is 28.5. The Morgan fingerprint density at radius 2 is 1.14 bits per heavy atom. The zero-order valence-corrected chi connectivity index (χ0v) is 60.4. The summed E-state index contributed by atoms with van der Waals surface area (Å²) in [5.41, 5.74) is 3.89. The van der Waals surface area contributed by atoms with Gasteiger partial charge in [-0.05, 0) is 91.6 Å². The van der Waals surface area contributed by atoms with Gasteiger partial charge in [0.05, 0.1) is 40.0 Å². The number of esters is 1. The first-order chi connectivity index (χ1) is 33.2. The number of hydrogen-bond donors (Lipinski definition) is 0. The number of halogens is 2. The maximum Gasteiger partial charge on any atom is 0.338 e. The molecule has 1 saturated heterocycles. The standard InChI is InChI=1S/C57H106BrIO10Si5/c1-38(41(4)66-71(21,22)54(5,6)7)45(63-53-47(59)51(69-74(27,28)57(14,15)16)50(46(37-58)64-53)68-73(25,26)56(11,12)13)36-43(60)39(2)48(67-72(23,24)55(8,9)10)40(3)49(44(62-17)34-35-70(18,19)20)65-52(61)42-32-30-29-31-33-42/h29-33,38-41,44-51,53H,36-37H2,1-28H3/t38-,39-,40+,41-,44+,45-,46-,47-,48+,49-,50-,51-,53-/m1/s1. The Morgan fingerprint density at radius 1 is 0.676 bits per heavy atom. The van der Waals surface area contributed by atoms with Gasteiger partial charge in [0.25, 0.3) is 0 Å². The van der Waals surface area contributed by atoms with Crippen molar-refractivity contribution in [1.82, 2.24) is 0 Å². The molecule has 74 heavy (non-hydrogen) atoms. The third-order valence-corrected chi connectivity index (χ3v) is 38.0. The van der Waals surface area contributed by atoms with Gasteiger partial charge in [0.2, 0.25) is 0 Å². The second-order valence-corrected chi connectivity index (χ2v) is 54.4. The normalized spacial score (nSPS) is 23.4. The molecule has 1 aliphatic rings. The van der Waals surface area contributed by atoms with Gasteiger partial charge in [-0.3, -0.25) is 4.79 Å². The molecule has 1 heterocycles. The molecule has 1 aromatic rings. The van der Waals surface area contributed by atoms with Crippen LogP contribution in [0.1, 0.15) is 128 Å². The molecule has 0 unspecified atom stereocenters. The predicted octanol–water partition coefficient (Wildman–Crippen LogP) is 15.9. The van der Waals surface area contributed by atoms with Crippen molar-refractivity contribution in [2.24, 2.45) is 17.8 Å². The van der Waals surface area contributed by atoms with E-state index in [9.17, 15) is 4.79 Å². The lowest BCUT2D eigenvalue weighted by molar-refractivity contribution is -0.254. The number of hydrogen-bond acceptors (Lipinski definition) is 10. The topological polar surface area (TPSA) is 108 Å². The molecule has 0 aromatic heterocycles. The average Bonchev–Trinajstić information content (AvgIpc) is 3.24. The van der Waals surface area contributed by atoms with E-state index in [4.69, 9.17) is 36.7 Å². The molecule has 0 amide bonds. The van der Waals surface area contributed by atoms with Crippen molar-refractivity contribution in [1.29, 1.82) is 0 Å². The molecule has 0 spiro atoms. The Bertz CT molecular complexity index is 2010. The van der Waals surface area contributed by atoms with E-state index in [1.165, 1.54) is 0 Å². The van der Waals surface area contributed by atoms with E-state index in [1.54, 1.807) is 19.2 Å². The third-order valence-electron chi connectivity index (χ3n) is 17.2. The lowest BCUT2D eigenvalue weighted by Crippen LogP contribution is -2.64. The van der Waals surface area contributed by atoms with Crippen LogP contribution < -0.4 is 0 Å². The summed E-state index contributed by atoms with van der Waals surface area (Å²) in [6.07, 6.45) is -4.99. The number of ketones is 1. The molecule has 13 atom stereocenters. The van der Waals surface area contributed by atoms with Crippen molar-refractivity contribution in [3.8, 4) is 11.5 Å². The van der Waals surface area contributed by atoms with Crippen LogP contribution in [0.4, 0.5) is 0 Å².